The zero-order valence-corrected chi connectivity index (χ0v) is 16.8. The van der Waals surface area contributed by atoms with E-state index in [0.29, 0.717) is 11.6 Å². The van der Waals surface area contributed by atoms with Gasteiger partial charge in [-0.25, -0.2) is 11.0 Å². The first-order valence-electron chi connectivity index (χ1n) is 9.39. The van der Waals surface area contributed by atoms with Gasteiger partial charge >= 0.3 is 0 Å². The topological polar surface area (TPSA) is 95.8 Å². The molecule has 2 heterocycles. The van der Waals surface area contributed by atoms with Crippen molar-refractivity contribution >= 4 is 11.5 Å². The lowest BCUT2D eigenvalue weighted by atomic mass is 10.0. The Labute approximate surface area is 166 Å². The summed E-state index contributed by atoms with van der Waals surface area (Å²) in [5.74, 6) is 6.38. The molecule has 1 aromatic heterocycles. The zero-order valence-electron chi connectivity index (χ0n) is 16.8. The molecule has 7 nitrogen and oxygen atoms in total. The van der Waals surface area contributed by atoms with E-state index in [2.05, 4.69) is 52.0 Å². The second kappa shape index (κ2) is 8.41. The molecule has 0 saturated carbocycles. The molecule has 1 unspecified atom stereocenters. The maximum Gasteiger partial charge on any atom is 0.171 e. The molecule has 5 N–H and O–H groups in total. The number of aryl methyl sites for hydroxylation is 1. The first-order chi connectivity index (χ1) is 13.4. The summed E-state index contributed by atoms with van der Waals surface area (Å²) in [6, 6.07) is 10.3. The number of nitrogens with zero attached hydrogens (tertiary/aromatic N) is 4. The average molecular weight is 380 g/mol. The van der Waals surface area contributed by atoms with Gasteiger partial charge in [-0.2, -0.15) is 0 Å². The van der Waals surface area contributed by atoms with Gasteiger partial charge in [0, 0.05) is 36.7 Å². The minimum atomic E-state index is 0.284. The van der Waals surface area contributed by atoms with E-state index in [1.54, 1.807) is 13.2 Å². The number of pyridine rings is 1. The highest BCUT2D eigenvalue weighted by molar-refractivity contribution is 5.95. The summed E-state index contributed by atoms with van der Waals surface area (Å²) in [5.41, 5.74) is 12.3. The molecule has 2 aromatic rings. The molecule has 1 aromatic carbocycles. The van der Waals surface area contributed by atoms with E-state index in [1.807, 2.05) is 19.2 Å². The Morgan fingerprint density at radius 3 is 2.71 bits per heavy atom. The van der Waals surface area contributed by atoms with Crippen LogP contribution < -0.4 is 21.8 Å². The highest BCUT2D eigenvalue weighted by atomic mass is 15.6. The van der Waals surface area contributed by atoms with Gasteiger partial charge in [0.1, 0.15) is 5.69 Å². The molecule has 1 aliphatic heterocycles. The molecule has 1 atom stereocenters. The SMILES string of the molecule is C=C1CC(CNC)CN1c1ccc(-c2ccc(/C(N)=N/N(C)N)nc2)cc1C. The predicted molar refractivity (Wildman–Crippen MR) is 116 cm³/mol. The monoisotopic (exact) mass is 379 g/mol. The highest BCUT2D eigenvalue weighted by Gasteiger charge is 2.26. The average Bonchev–Trinajstić information content (AvgIpc) is 3.01. The summed E-state index contributed by atoms with van der Waals surface area (Å²) in [7, 11) is 3.61. The van der Waals surface area contributed by atoms with E-state index in [9.17, 15) is 0 Å². The minimum absolute atomic E-state index is 0.284. The lowest BCUT2D eigenvalue weighted by Gasteiger charge is -2.23. The lowest BCUT2D eigenvalue weighted by molar-refractivity contribution is 0.371. The van der Waals surface area contributed by atoms with Crippen LogP contribution in [0.2, 0.25) is 0 Å². The van der Waals surface area contributed by atoms with Crippen LogP contribution in [0.25, 0.3) is 11.1 Å². The lowest BCUT2D eigenvalue weighted by Crippen LogP contribution is -2.26. The van der Waals surface area contributed by atoms with Crippen LogP contribution in [0, 0.1) is 12.8 Å². The second-order valence-electron chi connectivity index (χ2n) is 7.30. The summed E-state index contributed by atoms with van der Waals surface area (Å²) in [5, 5.41) is 8.41. The van der Waals surface area contributed by atoms with Crippen molar-refractivity contribution in [1.29, 1.82) is 0 Å². The zero-order chi connectivity index (χ0) is 20.3. The van der Waals surface area contributed by atoms with E-state index >= 15 is 0 Å². The summed E-state index contributed by atoms with van der Waals surface area (Å²) in [4.78, 5) is 6.75. The Hall–Kier alpha value is -2.90. The third kappa shape index (κ3) is 4.32. The van der Waals surface area contributed by atoms with Crippen molar-refractivity contribution in [1.82, 2.24) is 15.4 Å². The molecule has 0 spiro atoms. The Balaban J connectivity index is 1.80. The molecule has 1 aliphatic rings. The van der Waals surface area contributed by atoms with Crippen molar-refractivity contribution in [3.05, 3.63) is 60.1 Å². The normalized spacial score (nSPS) is 17.3. The molecule has 0 amide bonds. The van der Waals surface area contributed by atoms with E-state index in [-0.39, 0.29) is 5.84 Å². The number of anilines is 1. The van der Waals surface area contributed by atoms with Crippen molar-refractivity contribution in [3.63, 3.8) is 0 Å². The number of nitrogens with one attached hydrogen (secondary N) is 1. The third-order valence-corrected chi connectivity index (χ3v) is 4.95. The van der Waals surface area contributed by atoms with Crippen molar-refractivity contribution < 1.29 is 0 Å². The van der Waals surface area contributed by atoms with Crippen LogP contribution in [0.3, 0.4) is 0 Å². The van der Waals surface area contributed by atoms with Gasteiger partial charge in [0.05, 0.1) is 0 Å². The quantitative estimate of drug-likeness (QED) is 0.308. The number of aromatic nitrogens is 1. The van der Waals surface area contributed by atoms with E-state index < -0.39 is 0 Å². The van der Waals surface area contributed by atoms with E-state index in [1.165, 1.54) is 22.1 Å². The Morgan fingerprint density at radius 1 is 1.36 bits per heavy atom. The number of amidine groups is 1. The number of hydrazone groups is 1. The van der Waals surface area contributed by atoms with E-state index in [4.69, 9.17) is 11.6 Å². The Morgan fingerprint density at radius 2 is 2.11 bits per heavy atom. The van der Waals surface area contributed by atoms with Crippen LogP contribution in [0.4, 0.5) is 5.69 Å². The number of benzene rings is 1. The fourth-order valence-corrected chi connectivity index (χ4v) is 3.66. The van der Waals surface area contributed by atoms with Crippen molar-refractivity contribution in [3.8, 4) is 11.1 Å². The molecule has 0 bridgehead atoms. The molecule has 1 saturated heterocycles. The van der Waals surface area contributed by atoms with Crippen LogP contribution in [0.5, 0.6) is 0 Å². The molecule has 0 aliphatic carbocycles. The van der Waals surface area contributed by atoms with Crippen molar-refractivity contribution in [2.75, 3.05) is 32.1 Å². The molecule has 0 radical (unpaired) electrons. The largest absolute Gasteiger partial charge is 0.380 e. The maximum absolute atomic E-state index is 5.89. The van der Waals surface area contributed by atoms with Crippen molar-refractivity contribution in [2.45, 2.75) is 13.3 Å². The van der Waals surface area contributed by atoms with Crippen molar-refractivity contribution in [2.24, 2.45) is 22.6 Å². The summed E-state index contributed by atoms with van der Waals surface area (Å²) >= 11 is 0. The molecule has 1 fully saturated rings. The van der Waals surface area contributed by atoms with Gasteiger partial charge in [0.2, 0.25) is 0 Å². The standard InChI is InChI=1S/C21H29N7/c1-14-9-17(18-5-7-19(25-12-18)21(22)26-27(4)23)6-8-20(14)28-13-16(11-24-3)10-15(28)2/h5-9,12,16,24H,2,10-11,13,23H2,1,3-4H3,(H2,22,26). The van der Waals surface area contributed by atoms with Crippen LogP contribution in [0.1, 0.15) is 17.7 Å². The van der Waals surface area contributed by atoms with Crippen LogP contribution in [-0.2, 0) is 0 Å². The van der Waals surface area contributed by atoms with Crippen LogP contribution >= 0.6 is 0 Å². The number of nitrogens with two attached hydrogens (primary N) is 2. The minimum Gasteiger partial charge on any atom is -0.380 e. The summed E-state index contributed by atoms with van der Waals surface area (Å²) < 4.78 is 0. The van der Waals surface area contributed by atoms with Gasteiger partial charge in [-0.1, -0.05) is 18.7 Å². The number of rotatable bonds is 6. The molecule has 148 valence electrons. The summed E-state index contributed by atoms with van der Waals surface area (Å²) in [6.45, 7) is 8.42. The first-order valence-corrected chi connectivity index (χ1v) is 9.39. The van der Waals surface area contributed by atoms with Gasteiger partial charge in [-0.05, 0) is 62.2 Å². The van der Waals surface area contributed by atoms with Gasteiger partial charge in [-0.15, -0.1) is 5.10 Å². The van der Waals surface area contributed by atoms with Crippen LogP contribution in [-0.4, -0.2) is 43.1 Å². The smallest absolute Gasteiger partial charge is 0.171 e. The molecule has 28 heavy (non-hydrogen) atoms. The highest BCUT2D eigenvalue weighted by Crippen LogP contribution is 2.34. The van der Waals surface area contributed by atoms with Crippen LogP contribution in [0.15, 0.2) is 53.9 Å². The number of allylic oxidation sites excluding steroid dienone is 1. The molecule has 7 heteroatoms. The van der Waals surface area contributed by atoms with E-state index in [0.717, 1.165) is 30.6 Å². The Kier molecular flexibility index (Phi) is 5.96. The van der Waals surface area contributed by atoms with Gasteiger partial charge in [0.15, 0.2) is 5.84 Å². The fraction of sp³-hybridized carbons (Fsp3) is 0.333. The molecule has 3 rings (SSSR count). The predicted octanol–water partition coefficient (Wildman–Crippen LogP) is 2.04. The summed E-state index contributed by atoms with van der Waals surface area (Å²) in [6.07, 6.45) is 2.84. The van der Waals surface area contributed by atoms with Gasteiger partial charge in [-0.3, -0.25) is 4.98 Å². The number of hydrogen-bond acceptors (Lipinski definition) is 6. The first kappa shape index (κ1) is 19.9. The van der Waals surface area contributed by atoms with Gasteiger partial charge in [0.25, 0.3) is 0 Å². The Bertz CT molecular complexity index is 871. The van der Waals surface area contributed by atoms with Gasteiger partial charge < -0.3 is 16.0 Å². The molecular formula is C21H29N7. The third-order valence-electron chi connectivity index (χ3n) is 4.95. The number of hydrogen-bond donors (Lipinski definition) is 3. The molecular weight excluding hydrogens is 350 g/mol. The second-order valence-corrected chi connectivity index (χ2v) is 7.30. The fourth-order valence-electron chi connectivity index (χ4n) is 3.66. The maximum atomic E-state index is 5.89. The number of hydrazine groups is 1.